The van der Waals surface area contributed by atoms with Crippen molar-refractivity contribution in [3.05, 3.63) is 41.9 Å². The van der Waals surface area contributed by atoms with Crippen molar-refractivity contribution in [2.75, 3.05) is 6.54 Å². The second-order valence-electron chi connectivity index (χ2n) is 5.26. The van der Waals surface area contributed by atoms with Gasteiger partial charge in [-0.1, -0.05) is 26.8 Å². The van der Waals surface area contributed by atoms with Gasteiger partial charge in [-0.2, -0.15) is 0 Å². The monoisotopic (exact) mass is 270 g/mol. The second kappa shape index (κ2) is 7.10. The minimum Gasteiger partial charge on any atom is -0.311 e. The van der Waals surface area contributed by atoms with E-state index in [4.69, 9.17) is 0 Å². The Morgan fingerprint density at radius 3 is 2.75 bits per heavy atom. The summed E-state index contributed by atoms with van der Waals surface area (Å²) in [4.78, 5) is 13.4. The fourth-order valence-electron chi connectivity index (χ4n) is 2.02. The molecule has 0 aliphatic rings. The average Bonchev–Trinajstić information content (AvgIpc) is 2.47. The first kappa shape index (κ1) is 14.6. The largest absolute Gasteiger partial charge is 0.311 e. The van der Waals surface area contributed by atoms with Gasteiger partial charge in [0.1, 0.15) is 5.69 Å². The van der Waals surface area contributed by atoms with Crippen LogP contribution in [0.1, 0.15) is 32.0 Å². The van der Waals surface area contributed by atoms with Crippen molar-refractivity contribution in [3.63, 3.8) is 0 Å². The number of hydrogen-bond donors (Lipinski definition) is 1. The molecule has 2 aromatic heterocycles. The quantitative estimate of drug-likeness (QED) is 0.877. The summed E-state index contributed by atoms with van der Waals surface area (Å²) >= 11 is 0. The first-order chi connectivity index (χ1) is 9.70. The molecule has 0 unspecified atom stereocenters. The van der Waals surface area contributed by atoms with Crippen LogP contribution in [0.4, 0.5) is 0 Å². The highest BCUT2D eigenvalue weighted by Crippen LogP contribution is 2.17. The molecule has 0 atom stereocenters. The van der Waals surface area contributed by atoms with Crippen molar-refractivity contribution in [2.24, 2.45) is 5.92 Å². The van der Waals surface area contributed by atoms with Gasteiger partial charge in [-0.05, 0) is 36.6 Å². The smallest absolute Gasteiger partial charge is 0.178 e. The lowest BCUT2D eigenvalue weighted by atomic mass is 10.1. The normalized spacial score (nSPS) is 11.0. The maximum Gasteiger partial charge on any atom is 0.178 e. The van der Waals surface area contributed by atoms with Crippen LogP contribution >= 0.6 is 0 Å². The molecule has 0 aliphatic carbocycles. The molecule has 0 fully saturated rings. The molecule has 2 rings (SSSR count). The molecule has 106 valence electrons. The fraction of sp³-hybridized carbons (Fsp3) is 0.438. The van der Waals surface area contributed by atoms with E-state index in [1.54, 1.807) is 6.20 Å². The van der Waals surface area contributed by atoms with Gasteiger partial charge in [-0.15, -0.1) is 0 Å². The summed E-state index contributed by atoms with van der Waals surface area (Å²) < 4.78 is 0. The van der Waals surface area contributed by atoms with E-state index in [1.807, 2.05) is 18.3 Å². The number of hydrogen-bond acceptors (Lipinski definition) is 4. The highest BCUT2D eigenvalue weighted by molar-refractivity contribution is 5.54. The predicted octanol–water partition coefficient (Wildman–Crippen LogP) is 2.85. The van der Waals surface area contributed by atoms with Gasteiger partial charge in [0.25, 0.3) is 0 Å². The van der Waals surface area contributed by atoms with E-state index in [-0.39, 0.29) is 0 Å². The molecule has 4 heteroatoms. The number of aryl methyl sites for hydroxylation is 1. The predicted molar refractivity (Wildman–Crippen MR) is 81.2 cm³/mol. The Bertz CT molecular complexity index is 552. The zero-order valence-electron chi connectivity index (χ0n) is 12.4. The van der Waals surface area contributed by atoms with Crippen molar-refractivity contribution in [2.45, 2.75) is 33.7 Å². The van der Waals surface area contributed by atoms with Gasteiger partial charge in [-0.25, -0.2) is 9.97 Å². The van der Waals surface area contributed by atoms with E-state index in [1.165, 1.54) is 5.56 Å². The fourth-order valence-corrected chi connectivity index (χ4v) is 2.02. The minimum absolute atomic E-state index is 0.638. The van der Waals surface area contributed by atoms with Crippen molar-refractivity contribution < 1.29 is 0 Å². The van der Waals surface area contributed by atoms with Crippen LogP contribution in [-0.2, 0) is 13.0 Å². The van der Waals surface area contributed by atoms with E-state index in [0.717, 1.165) is 30.9 Å². The Morgan fingerprint density at radius 2 is 2.00 bits per heavy atom. The summed E-state index contributed by atoms with van der Waals surface area (Å²) in [5.41, 5.74) is 3.07. The topological polar surface area (TPSA) is 50.7 Å². The van der Waals surface area contributed by atoms with Crippen LogP contribution in [0, 0.1) is 5.92 Å². The Labute approximate surface area is 120 Å². The second-order valence-corrected chi connectivity index (χ2v) is 5.26. The molecule has 0 spiro atoms. The van der Waals surface area contributed by atoms with Crippen molar-refractivity contribution >= 4 is 0 Å². The Morgan fingerprint density at radius 1 is 1.15 bits per heavy atom. The summed E-state index contributed by atoms with van der Waals surface area (Å²) in [5, 5.41) is 3.40. The molecule has 1 N–H and O–H groups in total. The van der Waals surface area contributed by atoms with Crippen molar-refractivity contribution in [3.8, 4) is 11.5 Å². The molecule has 0 saturated carbocycles. The Kier molecular flexibility index (Phi) is 5.18. The first-order valence-electron chi connectivity index (χ1n) is 7.17. The molecule has 2 aromatic rings. The average molecular weight is 270 g/mol. The van der Waals surface area contributed by atoms with Gasteiger partial charge in [-0.3, -0.25) is 4.98 Å². The molecule has 0 bridgehead atoms. The molecule has 2 heterocycles. The Balaban J connectivity index is 2.17. The highest BCUT2D eigenvalue weighted by Gasteiger charge is 2.08. The van der Waals surface area contributed by atoms with Crippen molar-refractivity contribution in [1.82, 2.24) is 20.3 Å². The Hall–Kier alpha value is -1.81. The molecule has 0 amide bonds. The van der Waals surface area contributed by atoms with Gasteiger partial charge in [0.2, 0.25) is 0 Å². The summed E-state index contributed by atoms with van der Waals surface area (Å²) in [6.07, 6.45) is 4.53. The standard InChI is InChI=1S/C16H22N4/c1-4-13-6-5-8-18-15(13)16-19-9-7-14(20-16)11-17-10-12(2)3/h5-9,12,17H,4,10-11H2,1-3H3. The van der Waals surface area contributed by atoms with Gasteiger partial charge in [0, 0.05) is 18.9 Å². The van der Waals surface area contributed by atoms with Crippen LogP contribution in [0.2, 0.25) is 0 Å². The maximum absolute atomic E-state index is 4.61. The van der Waals surface area contributed by atoms with Crippen LogP contribution in [0.3, 0.4) is 0 Å². The molecule has 0 radical (unpaired) electrons. The summed E-state index contributed by atoms with van der Waals surface area (Å²) in [6, 6.07) is 5.98. The number of aromatic nitrogens is 3. The van der Waals surface area contributed by atoms with E-state index in [2.05, 4.69) is 47.1 Å². The third-order valence-electron chi connectivity index (χ3n) is 3.06. The van der Waals surface area contributed by atoms with Crippen LogP contribution in [0.5, 0.6) is 0 Å². The highest BCUT2D eigenvalue weighted by atomic mass is 14.9. The van der Waals surface area contributed by atoms with Gasteiger partial charge in [0.15, 0.2) is 5.82 Å². The number of pyridine rings is 1. The number of rotatable bonds is 6. The third-order valence-corrected chi connectivity index (χ3v) is 3.06. The molecule has 0 saturated heterocycles. The summed E-state index contributed by atoms with van der Waals surface area (Å²) in [7, 11) is 0. The molecule has 0 aliphatic heterocycles. The molecular formula is C16H22N4. The van der Waals surface area contributed by atoms with Crippen LogP contribution in [-0.4, -0.2) is 21.5 Å². The van der Waals surface area contributed by atoms with Gasteiger partial charge in [0.05, 0.1) is 5.69 Å². The van der Waals surface area contributed by atoms with E-state index in [9.17, 15) is 0 Å². The zero-order valence-corrected chi connectivity index (χ0v) is 12.4. The lowest BCUT2D eigenvalue weighted by Crippen LogP contribution is -2.19. The number of nitrogens with zero attached hydrogens (tertiary/aromatic N) is 3. The number of nitrogens with one attached hydrogen (secondary N) is 1. The molecule has 0 aromatic carbocycles. The van der Waals surface area contributed by atoms with Gasteiger partial charge < -0.3 is 5.32 Å². The van der Waals surface area contributed by atoms with E-state index >= 15 is 0 Å². The molecular weight excluding hydrogens is 248 g/mol. The van der Waals surface area contributed by atoms with Gasteiger partial charge >= 0.3 is 0 Å². The SMILES string of the molecule is CCc1cccnc1-c1nccc(CNCC(C)C)n1. The van der Waals surface area contributed by atoms with E-state index < -0.39 is 0 Å². The van der Waals surface area contributed by atoms with E-state index in [0.29, 0.717) is 11.7 Å². The minimum atomic E-state index is 0.638. The summed E-state index contributed by atoms with van der Waals surface area (Å²) in [6.45, 7) is 8.26. The van der Waals surface area contributed by atoms with Crippen LogP contribution in [0.15, 0.2) is 30.6 Å². The lowest BCUT2D eigenvalue weighted by Gasteiger charge is -2.09. The lowest BCUT2D eigenvalue weighted by molar-refractivity contribution is 0.548. The summed E-state index contributed by atoms with van der Waals surface area (Å²) in [5.74, 6) is 1.35. The third kappa shape index (κ3) is 3.84. The molecule has 20 heavy (non-hydrogen) atoms. The zero-order chi connectivity index (χ0) is 14.4. The van der Waals surface area contributed by atoms with Crippen LogP contribution < -0.4 is 5.32 Å². The molecule has 4 nitrogen and oxygen atoms in total. The van der Waals surface area contributed by atoms with Crippen molar-refractivity contribution in [1.29, 1.82) is 0 Å². The maximum atomic E-state index is 4.61. The first-order valence-corrected chi connectivity index (χ1v) is 7.17. The van der Waals surface area contributed by atoms with Crippen LogP contribution in [0.25, 0.3) is 11.5 Å².